The molecule has 1 aliphatic carbocycles. The lowest BCUT2D eigenvalue weighted by molar-refractivity contribution is -0.710. The highest BCUT2D eigenvalue weighted by molar-refractivity contribution is 5.81. The second-order valence-corrected chi connectivity index (χ2v) is 3.55. The van der Waals surface area contributed by atoms with Crippen molar-refractivity contribution in [2.45, 2.75) is 31.7 Å². The lowest BCUT2D eigenvalue weighted by Gasteiger charge is -2.15. The maximum absolute atomic E-state index is 11.6. The second-order valence-electron chi connectivity index (χ2n) is 3.55. The fraction of sp³-hybridized carbons (Fsp3) is 0.455. The van der Waals surface area contributed by atoms with Crippen molar-refractivity contribution in [3.8, 4) is 0 Å². The van der Waals surface area contributed by atoms with E-state index in [1.165, 1.54) is 6.42 Å². The van der Waals surface area contributed by atoms with Crippen LogP contribution in [0, 0.1) is 0 Å². The summed E-state index contributed by atoms with van der Waals surface area (Å²) >= 11 is 0. The van der Waals surface area contributed by atoms with Gasteiger partial charge in [-0.15, -0.1) is 0 Å². The van der Waals surface area contributed by atoms with Gasteiger partial charge in [-0.3, -0.25) is 4.79 Å². The molecule has 1 aromatic rings. The van der Waals surface area contributed by atoms with E-state index in [1.807, 2.05) is 35.2 Å². The van der Waals surface area contributed by atoms with Gasteiger partial charge in [0.2, 0.25) is 11.8 Å². The molecule has 0 amide bonds. The van der Waals surface area contributed by atoms with E-state index in [9.17, 15) is 4.79 Å². The van der Waals surface area contributed by atoms with E-state index in [4.69, 9.17) is 0 Å². The van der Waals surface area contributed by atoms with Crippen molar-refractivity contribution in [2.75, 3.05) is 0 Å². The van der Waals surface area contributed by atoms with E-state index >= 15 is 0 Å². The average molecular weight is 176 g/mol. The predicted octanol–water partition coefficient (Wildman–Crippen LogP) is 1.66. The largest absolute Gasteiger partial charge is 0.292 e. The van der Waals surface area contributed by atoms with E-state index in [1.54, 1.807) is 0 Å². The second kappa shape index (κ2) is 3.69. The van der Waals surface area contributed by atoms with Crippen molar-refractivity contribution < 1.29 is 9.36 Å². The Balaban J connectivity index is 2.20. The van der Waals surface area contributed by atoms with Crippen LogP contribution in [0.4, 0.5) is 0 Å². The molecule has 2 heteroatoms. The molecule has 0 aromatic carbocycles. The highest BCUT2D eigenvalue weighted by atomic mass is 16.1. The van der Waals surface area contributed by atoms with Crippen LogP contribution < -0.4 is 4.57 Å². The number of hydrogen-bond donors (Lipinski definition) is 0. The molecule has 0 N–H and O–H groups in total. The maximum atomic E-state index is 11.6. The van der Waals surface area contributed by atoms with Gasteiger partial charge in [0.05, 0.1) is 0 Å². The Morgan fingerprint density at radius 1 is 1.15 bits per heavy atom. The predicted molar refractivity (Wildman–Crippen MR) is 49.1 cm³/mol. The molecule has 0 bridgehead atoms. The lowest BCUT2D eigenvalue weighted by Crippen LogP contribution is -2.44. The van der Waals surface area contributed by atoms with Crippen molar-refractivity contribution in [1.82, 2.24) is 0 Å². The van der Waals surface area contributed by atoms with Crippen molar-refractivity contribution in [2.24, 2.45) is 0 Å². The number of pyridine rings is 1. The quantitative estimate of drug-likeness (QED) is 0.596. The van der Waals surface area contributed by atoms with Gasteiger partial charge in [-0.25, -0.2) is 0 Å². The number of aromatic nitrogens is 1. The summed E-state index contributed by atoms with van der Waals surface area (Å²) in [5, 5.41) is 0. The van der Waals surface area contributed by atoms with Crippen molar-refractivity contribution in [3.63, 3.8) is 0 Å². The van der Waals surface area contributed by atoms with Gasteiger partial charge in [-0.05, 0) is 12.8 Å². The fourth-order valence-electron chi connectivity index (χ4n) is 1.90. The summed E-state index contributed by atoms with van der Waals surface area (Å²) in [6, 6.07) is 6.03. The molecule has 1 atom stereocenters. The van der Waals surface area contributed by atoms with Crippen LogP contribution in [0.25, 0.3) is 0 Å². The van der Waals surface area contributed by atoms with Crippen LogP contribution in [0.1, 0.15) is 31.7 Å². The molecule has 68 valence electrons. The molecule has 1 aromatic heterocycles. The van der Waals surface area contributed by atoms with Crippen LogP contribution in [0.3, 0.4) is 0 Å². The number of Topliss-reactive ketones (excluding diaryl/α,β-unsaturated/α-hetero) is 1. The molecular formula is C11H14NO+. The van der Waals surface area contributed by atoms with Gasteiger partial charge in [0.15, 0.2) is 12.4 Å². The molecule has 13 heavy (non-hydrogen) atoms. The molecule has 0 spiro atoms. The van der Waals surface area contributed by atoms with Crippen LogP contribution >= 0.6 is 0 Å². The molecule has 1 heterocycles. The highest BCUT2D eigenvalue weighted by Crippen LogP contribution is 2.19. The van der Waals surface area contributed by atoms with Gasteiger partial charge >= 0.3 is 0 Å². The minimum atomic E-state index is 0.106. The van der Waals surface area contributed by atoms with Crippen LogP contribution in [0.15, 0.2) is 30.6 Å². The Morgan fingerprint density at radius 3 is 2.62 bits per heavy atom. The zero-order valence-corrected chi connectivity index (χ0v) is 7.65. The number of nitrogens with zero attached hydrogens (tertiary/aromatic N) is 1. The molecule has 0 radical (unpaired) electrons. The Kier molecular flexibility index (Phi) is 2.39. The monoisotopic (exact) mass is 176 g/mol. The standard InChI is InChI=1S/C11H14NO/c13-11-7-3-2-6-10(11)12-8-4-1-5-9-12/h1,4-5,8-10H,2-3,6-7H2/q+1. The van der Waals surface area contributed by atoms with Crippen LogP contribution in [0.5, 0.6) is 0 Å². The summed E-state index contributed by atoms with van der Waals surface area (Å²) in [5.41, 5.74) is 0. The van der Waals surface area contributed by atoms with Gasteiger partial charge in [-0.2, -0.15) is 4.57 Å². The number of carbonyl (C=O) groups is 1. The molecular weight excluding hydrogens is 162 g/mol. The molecule has 1 aliphatic rings. The molecule has 2 nitrogen and oxygen atoms in total. The smallest absolute Gasteiger partial charge is 0.216 e. The first kappa shape index (κ1) is 8.42. The van der Waals surface area contributed by atoms with Crippen molar-refractivity contribution in [1.29, 1.82) is 0 Å². The zero-order valence-electron chi connectivity index (χ0n) is 7.65. The molecule has 0 aliphatic heterocycles. The van der Waals surface area contributed by atoms with Gasteiger partial charge in [0, 0.05) is 25.0 Å². The summed E-state index contributed by atoms with van der Waals surface area (Å²) in [7, 11) is 0. The number of carbonyl (C=O) groups excluding carboxylic acids is 1. The maximum Gasteiger partial charge on any atom is 0.216 e. The molecule has 2 rings (SSSR count). The fourth-order valence-corrected chi connectivity index (χ4v) is 1.90. The van der Waals surface area contributed by atoms with E-state index in [2.05, 4.69) is 0 Å². The third-order valence-electron chi connectivity index (χ3n) is 2.62. The van der Waals surface area contributed by atoms with Gasteiger partial charge < -0.3 is 0 Å². The summed E-state index contributed by atoms with van der Waals surface area (Å²) in [6.07, 6.45) is 7.98. The van der Waals surface area contributed by atoms with E-state index in [-0.39, 0.29) is 6.04 Å². The first-order valence-electron chi connectivity index (χ1n) is 4.86. The third-order valence-corrected chi connectivity index (χ3v) is 2.62. The highest BCUT2D eigenvalue weighted by Gasteiger charge is 2.29. The van der Waals surface area contributed by atoms with Crippen LogP contribution in [0.2, 0.25) is 0 Å². The third kappa shape index (κ3) is 1.77. The number of rotatable bonds is 1. The average Bonchev–Trinajstić information content (AvgIpc) is 2.20. The first-order valence-corrected chi connectivity index (χ1v) is 4.86. The minimum Gasteiger partial charge on any atom is -0.292 e. The Morgan fingerprint density at radius 2 is 1.92 bits per heavy atom. The summed E-state index contributed by atoms with van der Waals surface area (Å²) < 4.78 is 2.03. The van der Waals surface area contributed by atoms with Crippen LogP contribution in [-0.4, -0.2) is 5.78 Å². The lowest BCUT2D eigenvalue weighted by atomic mass is 9.94. The van der Waals surface area contributed by atoms with Gasteiger partial charge in [-0.1, -0.05) is 6.07 Å². The molecule has 1 saturated carbocycles. The van der Waals surface area contributed by atoms with Crippen molar-refractivity contribution >= 4 is 5.78 Å². The molecule has 1 fully saturated rings. The normalized spacial score (nSPS) is 23.1. The number of hydrogen-bond acceptors (Lipinski definition) is 1. The molecule has 0 saturated heterocycles. The molecule has 1 unspecified atom stereocenters. The number of ketones is 1. The summed E-state index contributed by atoms with van der Waals surface area (Å²) in [4.78, 5) is 11.6. The topological polar surface area (TPSA) is 20.9 Å². The zero-order chi connectivity index (χ0) is 9.10. The van der Waals surface area contributed by atoms with Gasteiger partial charge in [0.1, 0.15) is 0 Å². The minimum absolute atomic E-state index is 0.106. The van der Waals surface area contributed by atoms with Crippen molar-refractivity contribution in [3.05, 3.63) is 30.6 Å². The van der Waals surface area contributed by atoms with Gasteiger partial charge in [0.25, 0.3) is 0 Å². The van der Waals surface area contributed by atoms with Crippen LogP contribution in [-0.2, 0) is 4.79 Å². The van der Waals surface area contributed by atoms with E-state index < -0.39 is 0 Å². The Bertz CT molecular complexity index is 294. The SMILES string of the molecule is O=C1CCCCC1[n+]1ccccc1. The summed E-state index contributed by atoms with van der Waals surface area (Å²) in [6.45, 7) is 0. The Hall–Kier alpha value is -1.18. The first-order chi connectivity index (χ1) is 6.38. The van der Waals surface area contributed by atoms with E-state index in [0.29, 0.717) is 5.78 Å². The van der Waals surface area contributed by atoms with E-state index in [0.717, 1.165) is 19.3 Å². The Labute approximate surface area is 78.2 Å². The summed E-state index contributed by atoms with van der Waals surface area (Å²) in [5.74, 6) is 0.391.